The van der Waals surface area contributed by atoms with E-state index in [4.69, 9.17) is 4.74 Å². The maximum atomic E-state index is 11.0. The van der Waals surface area contributed by atoms with E-state index in [-0.39, 0.29) is 5.97 Å². The molecular weight excluding hydrogens is 236 g/mol. The molecule has 4 nitrogen and oxygen atoms in total. The monoisotopic (exact) mass is 254 g/mol. The highest BCUT2D eigenvalue weighted by molar-refractivity contribution is 7.09. The van der Waals surface area contributed by atoms with Crippen molar-refractivity contribution in [2.75, 3.05) is 19.7 Å². The van der Waals surface area contributed by atoms with Crippen molar-refractivity contribution >= 4 is 17.3 Å². The Morgan fingerprint density at radius 1 is 1.65 bits per heavy atom. The van der Waals surface area contributed by atoms with E-state index in [9.17, 15) is 4.79 Å². The van der Waals surface area contributed by atoms with Crippen LogP contribution in [0.3, 0.4) is 0 Å². The molecule has 0 aliphatic rings. The highest BCUT2D eigenvalue weighted by Gasteiger charge is 1.97. The predicted molar refractivity (Wildman–Crippen MR) is 69.2 cm³/mol. The van der Waals surface area contributed by atoms with Crippen molar-refractivity contribution in [2.24, 2.45) is 0 Å². The van der Waals surface area contributed by atoms with Crippen molar-refractivity contribution in [3.05, 3.63) is 28.2 Å². The molecule has 1 aromatic heterocycles. The van der Waals surface area contributed by atoms with Crippen LogP contribution in [0.5, 0.6) is 0 Å². The zero-order valence-electron chi connectivity index (χ0n) is 10.2. The van der Waals surface area contributed by atoms with E-state index in [1.54, 1.807) is 24.3 Å². The van der Waals surface area contributed by atoms with Crippen LogP contribution >= 0.6 is 11.3 Å². The van der Waals surface area contributed by atoms with Gasteiger partial charge in [0.1, 0.15) is 0 Å². The van der Waals surface area contributed by atoms with Crippen LogP contribution in [-0.4, -0.2) is 30.6 Å². The summed E-state index contributed by atoms with van der Waals surface area (Å²) >= 11 is 1.67. The molecule has 0 aromatic carbocycles. The summed E-state index contributed by atoms with van der Waals surface area (Å²) < 4.78 is 4.76. The smallest absolute Gasteiger partial charge is 0.330 e. The summed E-state index contributed by atoms with van der Waals surface area (Å²) in [6.45, 7) is 5.74. The molecule has 1 heterocycles. The molecule has 1 aromatic rings. The van der Waals surface area contributed by atoms with E-state index in [0.29, 0.717) is 13.2 Å². The first-order chi connectivity index (χ1) is 8.22. The average molecular weight is 254 g/mol. The number of carbonyl (C=O) groups excluding carboxylic acids is 1. The summed E-state index contributed by atoms with van der Waals surface area (Å²) in [5.41, 5.74) is 1.12. The van der Waals surface area contributed by atoms with Crippen LogP contribution in [0.25, 0.3) is 0 Å². The minimum Gasteiger partial charge on any atom is -0.463 e. The molecule has 0 bridgehead atoms. The van der Waals surface area contributed by atoms with Crippen LogP contribution in [0.1, 0.15) is 17.6 Å². The van der Waals surface area contributed by atoms with Crippen molar-refractivity contribution in [1.29, 1.82) is 0 Å². The zero-order chi connectivity index (χ0) is 12.5. The molecular formula is C12H18N2O2S. The van der Waals surface area contributed by atoms with Gasteiger partial charge in [-0.2, -0.15) is 0 Å². The Bertz CT molecular complexity index is 374. The number of esters is 1. The fourth-order valence-electron chi connectivity index (χ4n) is 1.27. The predicted octanol–water partition coefficient (Wildman–Crippen LogP) is 1.70. The van der Waals surface area contributed by atoms with Gasteiger partial charge in [0.15, 0.2) is 0 Å². The molecule has 94 valence electrons. The number of aryl methyl sites for hydroxylation is 1. The second kappa shape index (κ2) is 7.97. The lowest BCUT2D eigenvalue weighted by atomic mass is 10.3. The lowest BCUT2D eigenvalue weighted by Gasteiger charge is -1.99. The number of ether oxygens (including phenoxy) is 1. The molecule has 1 N–H and O–H groups in total. The van der Waals surface area contributed by atoms with E-state index in [1.807, 2.05) is 6.92 Å². The Balaban J connectivity index is 2.06. The molecule has 0 radical (unpaired) electrons. The molecule has 0 saturated heterocycles. The third-order valence-corrected chi connectivity index (χ3v) is 2.85. The van der Waals surface area contributed by atoms with Gasteiger partial charge in [-0.3, -0.25) is 0 Å². The van der Waals surface area contributed by atoms with Gasteiger partial charge in [-0.1, -0.05) is 6.08 Å². The summed E-state index contributed by atoms with van der Waals surface area (Å²) in [6, 6.07) is 0. The van der Waals surface area contributed by atoms with Gasteiger partial charge in [-0.05, 0) is 13.8 Å². The Hall–Kier alpha value is -1.20. The first-order valence-corrected chi connectivity index (χ1v) is 6.55. The lowest BCUT2D eigenvalue weighted by Crippen LogP contribution is -2.17. The van der Waals surface area contributed by atoms with Crippen LogP contribution < -0.4 is 5.32 Å². The number of nitrogens with one attached hydrogen (secondary N) is 1. The van der Waals surface area contributed by atoms with Gasteiger partial charge in [0.05, 0.1) is 17.3 Å². The molecule has 17 heavy (non-hydrogen) atoms. The Labute approximate surface area is 106 Å². The van der Waals surface area contributed by atoms with Gasteiger partial charge in [0.25, 0.3) is 0 Å². The Morgan fingerprint density at radius 3 is 3.12 bits per heavy atom. The van der Waals surface area contributed by atoms with Gasteiger partial charge in [0, 0.05) is 31.0 Å². The SMILES string of the molecule is CCOC(=O)/C=C/CNCCc1csc(C)n1. The molecule has 1 rings (SSSR count). The molecule has 5 heteroatoms. The first-order valence-electron chi connectivity index (χ1n) is 5.67. The average Bonchev–Trinajstić information content (AvgIpc) is 2.70. The standard InChI is InChI=1S/C12H18N2O2S/c1-3-16-12(15)5-4-7-13-8-6-11-9-17-10(2)14-11/h4-5,9,13H,3,6-8H2,1-2H3/b5-4+. The van der Waals surface area contributed by atoms with Crippen LogP contribution in [0.2, 0.25) is 0 Å². The third-order valence-electron chi connectivity index (χ3n) is 2.03. The fraction of sp³-hybridized carbons (Fsp3) is 0.500. The van der Waals surface area contributed by atoms with E-state index >= 15 is 0 Å². The van der Waals surface area contributed by atoms with Crippen molar-refractivity contribution in [3.8, 4) is 0 Å². The van der Waals surface area contributed by atoms with E-state index in [1.165, 1.54) is 6.08 Å². The number of thiazole rings is 1. The minimum atomic E-state index is -0.288. The molecule has 0 saturated carbocycles. The summed E-state index contributed by atoms with van der Waals surface area (Å²) in [6.07, 6.45) is 4.13. The van der Waals surface area contributed by atoms with Gasteiger partial charge in [0.2, 0.25) is 0 Å². The number of aromatic nitrogens is 1. The molecule has 0 spiro atoms. The van der Waals surface area contributed by atoms with Crippen molar-refractivity contribution in [2.45, 2.75) is 20.3 Å². The molecule has 0 atom stereocenters. The van der Waals surface area contributed by atoms with Gasteiger partial charge in [-0.15, -0.1) is 11.3 Å². The molecule has 0 unspecified atom stereocenters. The molecule has 0 fully saturated rings. The molecule has 0 amide bonds. The van der Waals surface area contributed by atoms with Gasteiger partial charge < -0.3 is 10.1 Å². The van der Waals surface area contributed by atoms with E-state index < -0.39 is 0 Å². The molecule has 0 aliphatic heterocycles. The number of hydrogen-bond donors (Lipinski definition) is 1. The van der Waals surface area contributed by atoms with Crippen molar-refractivity contribution in [3.63, 3.8) is 0 Å². The maximum Gasteiger partial charge on any atom is 0.330 e. The van der Waals surface area contributed by atoms with E-state index in [2.05, 4.69) is 15.7 Å². The van der Waals surface area contributed by atoms with Crippen molar-refractivity contribution < 1.29 is 9.53 Å². The minimum absolute atomic E-state index is 0.288. The van der Waals surface area contributed by atoms with Crippen LogP contribution in [0.15, 0.2) is 17.5 Å². The summed E-state index contributed by atoms with van der Waals surface area (Å²) in [4.78, 5) is 15.3. The fourth-order valence-corrected chi connectivity index (χ4v) is 1.92. The normalized spacial score (nSPS) is 10.9. The number of rotatable bonds is 7. The van der Waals surface area contributed by atoms with Crippen LogP contribution in [0.4, 0.5) is 0 Å². The van der Waals surface area contributed by atoms with Crippen LogP contribution in [-0.2, 0) is 16.0 Å². The largest absolute Gasteiger partial charge is 0.463 e. The summed E-state index contributed by atoms with van der Waals surface area (Å²) in [5, 5.41) is 6.38. The molecule has 0 aliphatic carbocycles. The quantitative estimate of drug-likeness (QED) is 0.457. The number of hydrogen-bond acceptors (Lipinski definition) is 5. The highest BCUT2D eigenvalue weighted by atomic mass is 32.1. The first kappa shape index (κ1) is 13.9. The highest BCUT2D eigenvalue weighted by Crippen LogP contribution is 2.07. The number of carbonyl (C=O) groups is 1. The van der Waals surface area contributed by atoms with E-state index in [0.717, 1.165) is 23.7 Å². The van der Waals surface area contributed by atoms with Crippen molar-refractivity contribution in [1.82, 2.24) is 10.3 Å². The maximum absolute atomic E-state index is 11.0. The third kappa shape index (κ3) is 6.19. The summed E-state index contributed by atoms with van der Waals surface area (Å²) in [5.74, 6) is -0.288. The van der Waals surface area contributed by atoms with Gasteiger partial charge in [-0.25, -0.2) is 9.78 Å². The summed E-state index contributed by atoms with van der Waals surface area (Å²) in [7, 11) is 0. The Morgan fingerprint density at radius 2 is 2.47 bits per heavy atom. The second-order valence-corrected chi connectivity index (χ2v) is 4.53. The zero-order valence-corrected chi connectivity index (χ0v) is 11.0. The number of nitrogens with zero attached hydrogens (tertiary/aromatic N) is 1. The van der Waals surface area contributed by atoms with Gasteiger partial charge >= 0.3 is 5.97 Å². The van der Waals surface area contributed by atoms with Crippen LogP contribution in [0, 0.1) is 6.92 Å². The lowest BCUT2D eigenvalue weighted by molar-refractivity contribution is -0.137. The second-order valence-electron chi connectivity index (χ2n) is 3.47. The topological polar surface area (TPSA) is 51.2 Å². The Kier molecular flexibility index (Phi) is 6.50.